The largest absolute Gasteiger partial charge is 0.478 e. The molecule has 0 amide bonds. The van der Waals surface area contributed by atoms with Crippen LogP contribution in [0.3, 0.4) is 0 Å². The molecule has 0 saturated heterocycles. The molecule has 3 heteroatoms. The summed E-state index contributed by atoms with van der Waals surface area (Å²) in [5.74, 6) is -0.393. The van der Waals surface area contributed by atoms with Gasteiger partial charge in [-0.15, -0.1) is 0 Å². The Kier molecular flexibility index (Phi) is 2.01. The van der Waals surface area contributed by atoms with Crippen molar-refractivity contribution in [3.63, 3.8) is 0 Å². The van der Waals surface area contributed by atoms with Crippen molar-refractivity contribution in [2.24, 2.45) is 0 Å². The molecular weight excluding hydrogens is 144 g/mol. The normalized spacial score (nSPS) is 9.09. The van der Waals surface area contributed by atoms with Crippen LogP contribution in [0.1, 0.15) is 10.4 Å². The van der Waals surface area contributed by atoms with Crippen LogP contribution in [0.25, 0.3) is 0 Å². The van der Waals surface area contributed by atoms with Gasteiger partial charge >= 0.3 is 11.7 Å². The van der Waals surface area contributed by atoms with Gasteiger partial charge in [0.2, 0.25) is 0 Å². The Bertz CT molecular complexity index is 274. The second-order valence-corrected chi connectivity index (χ2v) is 1.97. The minimum Gasteiger partial charge on any atom is -0.478 e. The fourth-order valence-electron chi connectivity index (χ4n) is 0.694. The molecule has 0 saturated carbocycles. The molecule has 0 unspecified atom stereocenters. The summed E-state index contributed by atoms with van der Waals surface area (Å²) in [6, 6.07) is 6.03. The van der Waals surface area contributed by atoms with E-state index in [0.29, 0.717) is 5.75 Å². The van der Waals surface area contributed by atoms with Crippen LogP contribution in [0.15, 0.2) is 24.3 Å². The summed E-state index contributed by atoms with van der Waals surface area (Å²) in [6.45, 7) is 3.18. The molecule has 0 bridgehead atoms. The maximum Gasteiger partial charge on any atom is 0.351 e. The maximum atomic E-state index is 10.3. The maximum absolute atomic E-state index is 10.3. The predicted octanol–water partition coefficient (Wildman–Crippen LogP) is 1.46. The summed E-state index contributed by atoms with van der Waals surface area (Å²) >= 11 is 0. The monoisotopic (exact) mass is 151 g/mol. The van der Waals surface area contributed by atoms with Crippen molar-refractivity contribution in [1.82, 2.24) is 0 Å². The van der Waals surface area contributed by atoms with E-state index in [-0.39, 0.29) is 5.56 Å². The Morgan fingerprint density at radius 3 is 2.27 bits per heavy atom. The van der Waals surface area contributed by atoms with E-state index in [1.807, 2.05) is 0 Å². The Balaban J connectivity index is 3.00. The fraction of sp³-hybridized carbons (Fsp3) is 0. The van der Waals surface area contributed by atoms with Gasteiger partial charge in [-0.25, -0.2) is 9.22 Å². The number of carboxylic acids is 1. The summed E-state index contributed by atoms with van der Waals surface area (Å²) in [5.41, 5.74) is 0.241. The number of carbonyl (C=O) groups is 1. The van der Waals surface area contributed by atoms with Gasteiger partial charge in [-0.3, -0.25) is 0 Å². The molecule has 0 atom stereocenters. The van der Waals surface area contributed by atoms with Crippen molar-refractivity contribution in [3.05, 3.63) is 29.8 Å². The van der Waals surface area contributed by atoms with Crippen LogP contribution in [-0.4, -0.2) is 17.9 Å². The molecule has 0 heterocycles. The molecule has 0 aromatic heterocycles. The van der Waals surface area contributed by atoms with Crippen LogP contribution in [-0.2, 0) is 4.42 Å². The fourth-order valence-corrected chi connectivity index (χ4v) is 0.694. The zero-order valence-electron chi connectivity index (χ0n) is 5.78. The predicted molar refractivity (Wildman–Crippen MR) is 40.0 cm³/mol. The Hall–Kier alpha value is -1.64. The standard InChI is InChI=1S/C8H6O3/c1-11-7-4-2-6(3-5-7)8(9)10/h2-5H,1H2/p+1. The molecule has 0 aliphatic heterocycles. The minimum atomic E-state index is -0.944. The highest BCUT2D eigenvalue weighted by Gasteiger charge is 2.04. The number of hydrogen-bond acceptors (Lipinski definition) is 1. The molecule has 0 fully saturated rings. The van der Waals surface area contributed by atoms with Gasteiger partial charge in [-0.1, -0.05) is 0 Å². The first-order valence-electron chi connectivity index (χ1n) is 2.99. The van der Waals surface area contributed by atoms with Gasteiger partial charge in [0.05, 0.1) is 5.56 Å². The van der Waals surface area contributed by atoms with E-state index in [1.165, 1.54) is 12.1 Å². The molecule has 1 N–H and O–H groups in total. The third-order valence-electron chi connectivity index (χ3n) is 1.27. The van der Waals surface area contributed by atoms with E-state index in [9.17, 15) is 4.79 Å². The zero-order valence-corrected chi connectivity index (χ0v) is 5.78. The molecule has 11 heavy (non-hydrogen) atoms. The minimum absolute atomic E-state index is 0.241. The molecule has 0 spiro atoms. The first kappa shape index (κ1) is 7.47. The van der Waals surface area contributed by atoms with Gasteiger partial charge < -0.3 is 5.11 Å². The van der Waals surface area contributed by atoms with Gasteiger partial charge in [0.15, 0.2) is 0 Å². The summed E-state index contributed by atoms with van der Waals surface area (Å²) in [5, 5.41) is 8.49. The van der Waals surface area contributed by atoms with Crippen LogP contribution in [0.5, 0.6) is 5.75 Å². The molecule has 1 rings (SSSR count). The quantitative estimate of drug-likeness (QED) is 0.650. The van der Waals surface area contributed by atoms with Crippen LogP contribution < -0.4 is 0 Å². The average Bonchev–Trinajstić information content (AvgIpc) is 2.05. The van der Waals surface area contributed by atoms with E-state index < -0.39 is 5.97 Å². The Morgan fingerprint density at radius 2 is 1.91 bits per heavy atom. The van der Waals surface area contributed by atoms with E-state index in [0.717, 1.165) is 0 Å². The topological polar surface area (TPSA) is 48.6 Å². The summed E-state index contributed by atoms with van der Waals surface area (Å²) in [7, 11) is 0. The number of aromatic carboxylic acids is 1. The van der Waals surface area contributed by atoms with Crippen molar-refractivity contribution in [1.29, 1.82) is 0 Å². The summed E-state index contributed by atoms with van der Waals surface area (Å²) in [6.07, 6.45) is 0. The number of rotatable bonds is 2. The number of benzene rings is 1. The van der Waals surface area contributed by atoms with Gasteiger partial charge in [0.25, 0.3) is 6.79 Å². The lowest BCUT2D eigenvalue weighted by atomic mass is 10.2. The lowest BCUT2D eigenvalue weighted by Gasteiger charge is -1.88. The lowest BCUT2D eigenvalue weighted by molar-refractivity contribution is -0.354. The van der Waals surface area contributed by atoms with Crippen LogP contribution in [0.4, 0.5) is 0 Å². The van der Waals surface area contributed by atoms with E-state index in [2.05, 4.69) is 11.2 Å². The first-order valence-corrected chi connectivity index (χ1v) is 2.99. The van der Waals surface area contributed by atoms with E-state index in [4.69, 9.17) is 5.11 Å². The number of carboxylic acid groups (broad SMARTS) is 1. The third-order valence-corrected chi connectivity index (χ3v) is 1.27. The molecule has 0 radical (unpaired) electrons. The van der Waals surface area contributed by atoms with Crippen molar-refractivity contribution in [2.45, 2.75) is 0 Å². The van der Waals surface area contributed by atoms with Gasteiger partial charge in [-0.2, -0.15) is 0 Å². The molecule has 0 aliphatic rings. The van der Waals surface area contributed by atoms with Crippen LogP contribution in [0, 0.1) is 0 Å². The van der Waals surface area contributed by atoms with Crippen LogP contribution >= 0.6 is 0 Å². The second-order valence-electron chi connectivity index (χ2n) is 1.97. The molecule has 1 aromatic carbocycles. The van der Waals surface area contributed by atoms with Gasteiger partial charge in [0, 0.05) is 12.1 Å². The third kappa shape index (κ3) is 1.64. The van der Waals surface area contributed by atoms with E-state index in [1.54, 1.807) is 12.1 Å². The first-order chi connectivity index (χ1) is 5.24. The molecule has 56 valence electrons. The zero-order chi connectivity index (χ0) is 8.27. The SMILES string of the molecule is C=[O+]c1ccc(C(=O)O)cc1. The van der Waals surface area contributed by atoms with Crippen molar-refractivity contribution in [2.75, 3.05) is 0 Å². The highest BCUT2D eigenvalue weighted by molar-refractivity contribution is 5.87. The highest BCUT2D eigenvalue weighted by atomic mass is 16.4. The molecule has 1 aromatic rings. The molecule has 0 aliphatic carbocycles. The Labute approximate surface area is 63.6 Å². The van der Waals surface area contributed by atoms with Gasteiger partial charge in [0.1, 0.15) is 0 Å². The Morgan fingerprint density at radius 1 is 1.36 bits per heavy atom. The average molecular weight is 151 g/mol. The number of carbonyl (C=O) groups excluding carboxylic acids is 1. The summed E-state index contributed by atoms with van der Waals surface area (Å²) in [4.78, 5) is 10.3. The van der Waals surface area contributed by atoms with Crippen molar-refractivity contribution < 1.29 is 14.3 Å². The van der Waals surface area contributed by atoms with Crippen LogP contribution in [0.2, 0.25) is 0 Å². The highest BCUT2D eigenvalue weighted by Crippen LogP contribution is 2.10. The van der Waals surface area contributed by atoms with E-state index >= 15 is 0 Å². The lowest BCUT2D eigenvalue weighted by Crippen LogP contribution is -1.93. The number of hydrogen-bond donors (Lipinski definition) is 1. The molecular formula is C8H7O3+. The van der Waals surface area contributed by atoms with Gasteiger partial charge in [-0.05, 0) is 12.1 Å². The van der Waals surface area contributed by atoms with Crippen molar-refractivity contribution >= 4 is 12.8 Å². The summed E-state index contributed by atoms with van der Waals surface area (Å²) < 4.78 is 4.61. The van der Waals surface area contributed by atoms with Crippen molar-refractivity contribution in [3.8, 4) is 5.75 Å². The smallest absolute Gasteiger partial charge is 0.351 e. The second kappa shape index (κ2) is 2.96. The molecule has 3 nitrogen and oxygen atoms in total.